The van der Waals surface area contributed by atoms with E-state index in [1.807, 2.05) is 41.5 Å². The smallest absolute Gasteiger partial charge is 0.326 e. The van der Waals surface area contributed by atoms with E-state index < -0.39 is 47.9 Å². The summed E-state index contributed by atoms with van der Waals surface area (Å²) in [4.78, 5) is 50.9. The number of carboxylic acids is 1. The van der Waals surface area contributed by atoms with E-state index >= 15 is 0 Å². The molecule has 0 saturated carbocycles. The molecule has 208 valence electrons. The van der Waals surface area contributed by atoms with Crippen molar-refractivity contribution in [2.24, 2.45) is 23.5 Å². The fraction of sp³-hybridized carbons (Fsp3) is 0.630. The number of rotatable bonds is 15. The van der Waals surface area contributed by atoms with Gasteiger partial charge in [0.1, 0.15) is 23.9 Å². The van der Waals surface area contributed by atoms with Gasteiger partial charge in [-0.25, -0.2) is 4.79 Å². The summed E-state index contributed by atoms with van der Waals surface area (Å²) in [5.41, 5.74) is 6.65. The number of benzene rings is 1. The minimum absolute atomic E-state index is 0.0206. The molecule has 10 nitrogen and oxygen atoms in total. The lowest BCUT2D eigenvalue weighted by Crippen LogP contribution is -2.58. The molecule has 4 atom stereocenters. The summed E-state index contributed by atoms with van der Waals surface area (Å²) in [6, 6.07) is 2.23. The van der Waals surface area contributed by atoms with Crippen molar-refractivity contribution in [3.8, 4) is 5.75 Å². The molecule has 0 spiro atoms. The van der Waals surface area contributed by atoms with E-state index in [4.69, 9.17) is 5.73 Å². The zero-order valence-electron chi connectivity index (χ0n) is 22.8. The number of nitrogens with one attached hydrogen (secondary N) is 3. The maximum Gasteiger partial charge on any atom is 0.326 e. The molecular weight excluding hydrogens is 476 g/mol. The van der Waals surface area contributed by atoms with E-state index in [0.717, 1.165) is 0 Å². The van der Waals surface area contributed by atoms with E-state index in [1.54, 1.807) is 12.1 Å². The van der Waals surface area contributed by atoms with Crippen LogP contribution in [0.2, 0.25) is 0 Å². The molecule has 0 radical (unpaired) electrons. The average molecular weight is 521 g/mol. The summed E-state index contributed by atoms with van der Waals surface area (Å²) in [5, 5.41) is 27.1. The lowest BCUT2D eigenvalue weighted by atomic mass is 9.99. The number of hydrogen-bond acceptors (Lipinski definition) is 6. The molecule has 1 rings (SSSR count). The second-order valence-corrected chi connectivity index (χ2v) is 10.9. The molecule has 0 fully saturated rings. The Labute approximate surface area is 219 Å². The number of aliphatic carboxylic acids is 1. The number of hydrogen-bond donors (Lipinski definition) is 6. The fourth-order valence-corrected chi connectivity index (χ4v) is 3.91. The van der Waals surface area contributed by atoms with E-state index in [1.165, 1.54) is 12.1 Å². The summed E-state index contributed by atoms with van der Waals surface area (Å²) in [6.45, 7) is 11.4. The molecule has 1 aromatic carbocycles. The normalized spacial score (nSPS) is 14.6. The SMILES string of the molecule is CC(C)CC(N)C(=O)NC(CC(C)C)C(=O)NC(Cc1ccc(O)cc1)C(=O)NC(CC(C)C)C(=O)O. The van der Waals surface area contributed by atoms with Crippen LogP contribution in [0.25, 0.3) is 0 Å². The molecule has 0 bridgehead atoms. The van der Waals surface area contributed by atoms with Crippen LogP contribution >= 0.6 is 0 Å². The van der Waals surface area contributed by atoms with Gasteiger partial charge >= 0.3 is 5.97 Å². The van der Waals surface area contributed by atoms with Gasteiger partial charge in [0.2, 0.25) is 17.7 Å². The van der Waals surface area contributed by atoms with Crippen LogP contribution in [0.1, 0.15) is 66.4 Å². The number of aromatic hydroxyl groups is 1. The first kappa shape index (κ1) is 31.9. The Kier molecular flexibility index (Phi) is 13.1. The van der Waals surface area contributed by atoms with Crippen LogP contribution < -0.4 is 21.7 Å². The molecule has 3 amide bonds. The van der Waals surface area contributed by atoms with Gasteiger partial charge < -0.3 is 31.9 Å². The van der Waals surface area contributed by atoms with Gasteiger partial charge in [0, 0.05) is 6.42 Å². The van der Waals surface area contributed by atoms with Crippen LogP contribution in [0.5, 0.6) is 5.75 Å². The summed E-state index contributed by atoms with van der Waals surface area (Å²) in [7, 11) is 0. The van der Waals surface area contributed by atoms with Crippen molar-refractivity contribution >= 4 is 23.7 Å². The van der Waals surface area contributed by atoms with Crippen LogP contribution in [-0.4, -0.2) is 58.1 Å². The third-order valence-electron chi connectivity index (χ3n) is 5.73. The standard InChI is InChI=1S/C27H44N4O6/c1-15(2)11-20(28)24(33)29-21(12-16(3)4)25(34)30-22(14-18-7-9-19(32)10-8-18)26(35)31-23(27(36)37)13-17(5)6/h7-10,15-17,20-23,32H,11-14,28H2,1-6H3,(H,29,33)(H,30,34)(H,31,35)(H,36,37). The van der Waals surface area contributed by atoms with Crippen molar-refractivity contribution in [1.29, 1.82) is 0 Å². The van der Waals surface area contributed by atoms with Crippen LogP contribution in [0, 0.1) is 17.8 Å². The molecule has 37 heavy (non-hydrogen) atoms. The van der Waals surface area contributed by atoms with Crippen molar-refractivity contribution < 1.29 is 29.4 Å². The van der Waals surface area contributed by atoms with Gasteiger partial charge in [0.05, 0.1) is 6.04 Å². The first-order chi connectivity index (χ1) is 17.2. The van der Waals surface area contributed by atoms with Crippen molar-refractivity contribution in [2.75, 3.05) is 0 Å². The lowest BCUT2D eigenvalue weighted by molar-refractivity contribution is -0.142. The van der Waals surface area contributed by atoms with E-state index in [2.05, 4.69) is 16.0 Å². The van der Waals surface area contributed by atoms with Gasteiger partial charge in [0.25, 0.3) is 0 Å². The van der Waals surface area contributed by atoms with Crippen molar-refractivity contribution in [1.82, 2.24) is 16.0 Å². The highest BCUT2D eigenvalue weighted by molar-refractivity contribution is 5.94. The summed E-state index contributed by atoms with van der Waals surface area (Å²) in [5.74, 6) is -2.50. The van der Waals surface area contributed by atoms with Gasteiger partial charge in [-0.3, -0.25) is 14.4 Å². The zero-order valence-corrected chi connectivity index (χ0v) is 22.8. The Morgan fingerprint density at radius 3 is 1.62 bits per heavy atom. The number of carboxylic acid groups (broad SMARTS) is 1. The van der Waals surface area contributed by atoms with Crippen LogP contribution in [0.15, 0.2) is 24.3 Å². The molecule has 1 aromatic rings. The Morgan fingerprint density at radius 1 is 0.703 bits per heavy atom. The Balaban J connectivity index is 3.16. The Morgan fingerprint density at radius 2 is 1.14 bits per heavy atom. The quantitative estimate of drug-likeness (QED) is 0.205. The highest BCUT2D eigenvalue weighted by atomic mass is 16.4. The first-order valence-electron chi connectivity index (χ1n) is 12.9. The lowest BCUT2D eigenvalue weighted by Gasteiger charge is -2.26. The molecule has 10 heteroatoms. The first-order valence-corrected chi connectivity index (χ1v) is 12.9. The van der Waals surface area contributed by atoms with Crippen LogP contribution in [-0.2, 0) is 25.6 Å². The van der Waals surface area contributed by atoms with E-state index in [9.17, 15) is 29.4 Å². The number of carbonyl (C=O) groups is 4. The second-order valence-electron chi connectivity index (χ2n) is 10.9. The molecule has 7 N–H and O–H groups in total. The number of phenols is 1. The Bertz CT molecular complexity index is 901. The highest BCUT2D eigenvalue weighted by Crippen LogP contribution is 2.13. The summed E-state index contributed by atoms with van der Waals surface area (Å²) >= 11 is 0. The number of carbonyl (C=O) groups excluding carboxylic acids is 3. The molecule has 0 aliphatic carbocycles. The van der Waals surface area contributed by atoms with Crippen LogP contribution in [0.4, 0.5) is 0 Å². The van der Waals surface area contributed by atoms with E-state index in [-0.39, 0.29) is 36.3 Å². The number of phenolic OH excluding ortho intramolecular Hbond substituents is 1. The van der Waals surface area contributed by atoms with E-state index in [0.29, 0.717) is 18.4 Å². The van der Waals surface area contributed by atoms with Gasteiger partial charge in [-0.1, -0.05) is 53.7 Å². The molecule has 0 aromatic heterocycles. The average Bonchev–Trinajstić information content (AvgIpc) is 2.77. The topological polar surface area (TPSA) is 171 Å². The number of amides is 3. The fourth-order valence-electron chi connectivity index (χ4n) is 3.91. The third kappa shape index (κ3) is 12.1. The minimum atomic E-state index is -1.17. The highest BCUT2D eigenvalue weighted by Gasteiger charge is 2.31. The van der Waals surface area contributed by atoms with Crippen LogP contribution in [0.3, 0.4) is 0 Å². The molecular formula is C27H44N4O6. The summed E-state index contributed by atoms with van der Waals surface area (Å²) < 4.78 is 0. The Hall–Kier alpha value is -3.14. The second kappa shape index (κ2) is 15.2. The maximum absolute atomic E-state index is 13.3. The van der Waals surface area contributed by atoms with Crippen molar-refractivity contribution in [3.05, 3.63) is 29.8 Å². The monoisotopic (exact) mass is 520 g/mol. The van der Waals surface area contributed by atoms with Crippen molar-refractivity contribution in [3.63, 3.8) is 0 Å². The van der Waals surface area contributed by atoms with Crippen molar-refractivity contribution in [2.45, 2.75) is 91.4 Å². The maximum atomic E-state index is 13.3. The molecule has 0 aliphatic heterocycles. The predicted molar refractivity (Wildman–Crippen MR) is 142 cm³/mol. The van der Waals surface area contributed by atoms with Gasteiger partial charge in [-0.2, -0.15) is 0 Å². The largest absolute Gasteiger partial charge is 0.508 e. The third-order valence-corrected chi connectivity index (χ3v) is 5.73. The van der Waals surface area contributed by atoms with Gasteiger partial charge in [-0.15, -0.1) is 0 Å². The molecule has 0 saturated heterocycles. The molecule has 0 aliphatic rings. The number of nitrogens with two attached hydrogens (primary N) is 1. The van der Waals surface area contributed by atoms with Gasteiger partial charge in [-0.05, 0) is 54.7 Å². The minimum Gasteiger partial charge on any atom is -0.508 e. The molecule has 0 heterocycles. The predicted octanol–water partition coefficient (Wildman–Crippen LogP) is 1.94. The van der Waals surface area contributed by atoms with Gasteiger partial charge in [0.15, 0.2) is 0 Å². The summed E-state index contributed by atoms with van der Waals surface area (Å²) in [6.07, 6.45) is 1.06. The molecule has 4 unspecified atom stereocenters. The zero-order chi connectivity index (χ0) is 28.3.